The zero-order valence-electron chi connectivity index (χ0n) is 16.7. The SMILES string of the molecule is CC(C)(C)c1ccc(-c2nc3ccccn3c2CN2CCCNCC2)cc1. The molecule has 4 rings (SSSR count). The maximum atomic E-state index is 4.98. The molecule has 4 nitrogen and oxygen atoms in total. The molecule has 1 aliphatic rings. The second-order valence-corrected chi connectivity index (χ2v) is 8.54. The molecule has 1 aliphatic heterocycles. The molecule has 1 N–H and O–H groups in total. The van der Waals surface area contributed by atoms with E-state index in [0.717, 1.165) is 44.1 Å². The average molecular weight is 363 g/mol. The summed E-state index contributed by atoms with van der Waals surface area (Å²) >= 11 is 0. The van der Waals surface area contributed by atoms with Crippen molar-refractivity contribution in [2.75, 3.05) is 26.2 Å². The van der Waals surface area contributed by atoms with E-state index in [-0.39, 0.29) is 5.41 Å². The van der Waals surface area contributed by atoms with E-state index < -0.39 is 0 Å². The second-order valence-electron chi connectivity index (χ2n) is 8.54. The van der Waals surface area contributed by atoms with E-state index >= 15 is 0 Å². The van der Waals surface area contributed by atoms with E-state index in [1.165, 1.54) is 23.2 Å². The summed E-state index contributed by atoms with van der Waals surface area (Å²) in [4.78, 5) is 7.53. The van der Waals surface area contributed by atoms with Gasteiger partial charge in [0.05, 0.1) is 11.4 Å². The predicted octanol–water partition coefficient (Wildman–Crippen LogP) is 4.09. The second kappa shape index (κ2) is 7.45. The molecular formula is C23H30N4. The van der Waals surface area contributed by atoms with Crippen molar-refractivity contribution in [3.8, 4) is 11.3 Å². The van der Waals surface area contributed by atoms with E-state index in [1.807, 2.05) is 0 Å². The summed E-state index contributed by atoms with van der Waals surface area (Å²) in [6.07, 6.45) is 3.34. The Labute approximate surface area is 162 Å². The van der Waals surface area contributed by atoms with Gasteiger partial charge in [0.1, 0.15) is 5.65 Å². The van der Waals surface area contributed by atoms with Gasteiger partial charge in [-0.05, 0) is 42.6 Å². The smallest absolute Gasteiger partial charge is 0.137 e. The van der Waals surface area contributed by atoms with Gasteiger partial charge >= 0.3 is 0 Å². The fraction of sp³-hybridized carbons (Fsp3) is 0.435. The number of hydrogen-bond donors (Lipinski definition) is 1. The first-order chi connectivity index (χ1) is 13.0. The highest BCUT2D eigenvalue weighted by Gasteiger charge is 2.19. The number of benzene rings is 1. The first-order valence-corrected chi connectivity index (χ1v) is 10.0. The Bertz CT molecular complexity index is 894. The van der Waals surface area contributed by atoms with Crippen molar-refractivity contribution in [1.82, 2.24) is 19.6 Å². The fourth-order valence-corrected chi connectivity index (χ4v) is 3.83. The highest BCUT2D eigenvalue weighted by Crippen LogP contribution is 2.29. The largest absolute Gasteiger partial charge is 0.315 e. The van der Waals surface area contributed by atoms with Gasteiger partial charge in [0.25, 0.3) is 0 Å². The Kier molecular flexibility index (Phi) is 5.02. The van der Waals surface area contributed by atoms with Crippen molar-refractivity contribution in [2.24, 2.45) is 0 Å². The number of nitrogens with one attached hydrogen (secondary N) is 1. The lowest BCUT2D eigenvalue weighted by molar-refractivity contribution is 0.281. The van der Waals surface area contributed by atoms with E-state index in [2.05, 4.69) is 84.1 Å². The molecule has 1 fully saturated rings. The topological polar surface area (TPSA) is 32.6 Å². The van der Waals surface area contributed by atoms with Crippen molar-refractivity contribution in [2.45, 2.75) is 39.2 Å². The van der Waals surface area contributed by atoms with Crippen molar-refractivity contribution in [1.29, 1.82) is 0 Å². The van der Waals surface area contributed by atoms with Gasteiger partial charge in [-0.1, -0.05) is 51.1 Å². The van der Waals surface area contributed by atoms with Crippen LogP contribution in [0.3, 0.4) is 0 Å². The summed E-state index contributed by atoms with van der Waals surface area (Å²) in [6, 6.07) is 15.2. The summed E-state index contributed by atoms with van der Waals surface area (Å²) in [5, 5.41) is 3.50. The maximum absolute atomic E-state index is 4.98. The van der Waals surface area contributed by atoms with Crippen LogP contribution in [0.15, 0.2) is 48.7 Å². The molecule has 4 heteroatoms. The Morgan fingerprint density at radius 3 is 2.59 bits per heavy atom. The lowest BCUT2D eigenvalue weighted by Crippen LogP contribution is -2.28. The van der Waals surface area contributed by atoms with Crippen LogP contribution in [0.4, 0.5) is 0 Å². The quantitative estimate of drug-likeness (QED) is 0.761. The minimum Gasteiger partial charge on any atom is -0.315 e. The number of nitrogens with zero attached hydrogens (tertiary/aromatic N) is 3. The number of pyridine rings is 1. The molecule has 0 atom stereocenters. The Hall–Kier alpha value is -2.17. The normalized spacial score (nSPS) is 16.6. The zero-order valence-corrected chi connectivity index (χ0v) is 16.7. The third-order valence-corrected chi connectivity index (χ3v) is 5.46. The monoisotopic (exact) mass is 362 g/mol. The lowest BCUT2D eigenvalue weighted by atomic mass is 9.86. The van der Waals surface area contributed by atoms with Gasteiger partial charge < -0.3 is 9.72 Å². The van der Waals surface area contributed by atoms with Gasteiger partial charge in [-0.25, -0.2) is 4.98 Å². The molecule has 142 valence electrons. The minimum atomic E-state index is 0.166. The summed E-state index contributed by atoms with van der Waals surface area (Å²) in [7, 11) is 0. The molecule has 1 aromatic carbocycles. The summed E-state index contributed by atoms with van der Waals surface area (Å²) in [5.41, 5.74) is 6.15. The van der Waals surface area contributed by atoms with Crippen LogP contribution in [0.1, 0.15) is 38.4 Å². The molecule has 0 aliphatic carbocycles. The molecule has 0 spiro atoms. The maximum Gasteiger partial charge on any atom is 0.137 e. The number of fused-ring (bicyclic) bond motifs is 1. The van der Waals surface area contributed by atoms with Crippen LogP contribution in [0.25, 0.3) is 16.9 Å². The van der Waals surface area contributed by atoms with E-state index in [9.17, 15) is 0 Å². The first kappa shape index (κ1) is 18.2. The van der Waals surface area contributed by atoms with Crippen LogP contribution < -0.4 is 5.32 Å². The van der Waals surface area contributed by atoms with Gasteiger partial charge in [0, 0.05) is 31.4 Å². The van der Waals surface area contributed by atoms with Gasteiger partial charge in [0.15, 0.2) is 0 Å². The minimum absolute atomic E-state index is 0.166. The summed E-state index contributed by atoms with van der Waals surface area (Å²) in [6.45, 7) is 12.1. The van der Waals surface area contributed by atoms with Crippen molar-refractivity contribution in [3.05, 3.63) is 59.9 Å². The first-order valence-electron chi connectivity index (χ1n) is 10.0. The Balaban J connectivity index is 1.73. The zero-order chi connectivity index (χ0) is 18.9. The van der Waals surface area contributed by atoms with Crippen molar-refractivity contribution in [3.63, 3.8) is 0 Å². The molecular weight excluding hydrogens is 332 g/mol. The van der Waals surface area contributed by atoms with Crippen LogP contribution in [0, 0.1) is 0 Å². The van der Waals surface area contributed by atoms with Gasteiger partial charge in [-0.15, -0.1) is 0 Å². The fourth-order valence-electron chi connectivity index (χ4n) is 3.83. The molecule has 0 radical (unpaired) electrons. The number of rotatable bonds is 3. The third-order valence-electron chi connectivity index (χ3n) is 5.46. The van der Waals surface area contributed by atoms with Crippen molar-refractivity contribution >= 4 is 5.65 Å². The molecule has 27 heavy (non-hydrogen) atoms. The molecule has 0 saturated carbocycles. The Morgan fingerprint density at radius 1 is 1.00 bits per heavy atom. The lowest BCUT2D eigenvalue weighted by Gasteiger charge is -2.21. The molecule has 0 amide bonds. The predicted molar refractivity (Wildman–Crippen MR) is 112 cm³/mol. The molecule has 0 bridgehead atoms. The van der Waals surface area contributed by atoms with Crippen LogP contribution in [-0.2, 0) is 12.0 Å². The summed E-state index contributed by atoms with van der Waals surface area (Å²) < 4.78 is 2.26. The van der Waals surface area contributed by atoms with Gasteiger partial charge in [0.2, 0.25) is 0 Å². The average Bonchev–Trinajstić information content (AvgIpc) is 2.82. The number of hydrogen-bond acceptors (Lipinski definition) is 3. The molecule has 3 heterocycles. The molecule has 0 unspecified atom stereocenters. The van der Waals surface area contributed by atoms with Crippen molar-refractivity contribution < 1.29 is 0 Å². The summed E-state index contributed by atoms with van der Waals surface area (Å²) in [5.74, 6) is 0. The van der Waals surface area contributed by atoms with Gasteiger partial charge in [-0.3, -0.25) is 4.90 Å². The van der Waals surface area contributed by atoms with E-state index in [4.69, 9.17) is 4.98 Å². The standard InChI is InChI=1S/C23H30N4/c1-23(2,3)19-10-8-18(9-11-19)22-20(17-26-14-6-12-24-13-16-26)27-15-5-4-7-21(27)25-22/h4-5,7-11,15,24H,6,12-14,16-17H2,1-3H3. The highest BCUT2D eigenvalue weighted by molar-refractivity contribution is 5.67. The van der Waals surface area contributed by atoms with Crippen LogP contribution in [0.5, 0.6) is 0 Å². The van der Waals surface area contributed by atoms with Crippen LogP contribution in [-0.4, -0.2) is 40.5 Å². The van der Waals surface area contributed by atoms with E-state index in [0.29, 0.717) is 0 Å². The third kappa shape index (κ3) is 3.92. The number of aromatic nitrogens is 2. The Morgan fingerprint density at radius 2 is 1.81 bits per heavy atom. The van der Waals surface area contributed by atoms with Crippen LogP contribution in [0.2, 0.25) is 0 Å². The van der Waals surface area contributed by atoms with Crippen LogP contribution >= 0.6 is 0 Å². The number of imidazole rings is 1. The molecule has 2 aromatic heterocycles. The highest BCUT2D eigenvalue weighted by atomic mass is 15.2. The molecule has 3 aromatic rings. The van der Waals surface area contributed by atoms with E-state index in [1.54, 1.807) is 0 Å². The van der Waals surface area contributed by atoms with Gasteiger partial charge in [-0.2, -0.15) is 0 Å². The molecule has 1 saturated heterocycles.